The van der Waals surface area contributed by atoms with Crippen molar-refractivity contribution in [2.24, 2.45) is 7.05 Å². The number of fused-ring (bicyclic) bond motifs is 1. The van der Waals surface area contributed by atoms with Gasteiger partial charge in [-0.3, -0.25) is 4.68 Å². The lowest BCUT2D eigenvalue weighted by Crippen LogP contribution is -2.27. The molecule has 0 aliphatic carbocycles. The Morgan fingerprint density at radius 1 is 1.33 bits per heavy atom. The van der Waals surface area contributed by atoms with Crippen LogP contribution in [-0.4, -0.2) is 28.3 Å². The summed E-state index contributed by atoms with van der Waals surface area (Å²) in [5, 5.41) is 4.42. The maximum Gasteiger partial charge on any atom is 0.0641 e. The SMILES string of the molecule is Cc1nn(C)c2c1CN(C)CC2. The van der Waals surface area contributed by atoms with Crippen LogP contribution in [0.5, 0.6) is 0 Å². The Morgan fingerprint density at radius 2 is 2.08 bits per heavy atom. The van der Waals surface area contributed by atoms with Crippen LogP contribution in [0.1, 0.15) is 17.0 Å². The third kappa shape index (κ3) is 1.05. The second-order valence-corrected chi connectivity index (χ2v) is 3.62. The van der Waals surface area contributed by atoms with Gasteiger partial charge in [0.1, 0.15) is 0 Å². The average molecular weight is 165 g/mol. The average Bonchev–Trinajstić information content (AvgIpc) is 2.28. The maximum atomic E-state index is 4.42. The highest BCUT2D eigenvalue weighted by atomic mass is 15.3. The Labute approximate surface area is 73.0 Å². The summed E-state index contributed by atoms with van der Waals surface area (Å²) in [6, 6.07) is 0. The Balaban J connectivity index is 2.45. The molecule has 2 heterocycles. The van der Waals surface area contributed by atoms with Gasteiger partial charge in [0.05, 0.1) is 5.69 Å². The summed E-state index contributed by atoms with van der Waals surface area (Å²) in [4.78, 5) is 2.34. The van der Waals surface area contributed by atoms with E-state index in [1.165, 1.54) is 17.0 Å². The summed E-state index contributed by atoms with van der Waals surface area (Å²) in [5.41, 5.74) is 4.05. The number of rotatable bonds is 0. The second kappa shape index (κ2) is 2.59. The molecule has 1 aliphatic rings. The summed E-state index contributed by atoms with van der Waals surface area (Å²) in [5.74, 6) is 0. The van der Waals surface area contributed by atoms with Crippen LogP contribution < -0.4 is 0 Å². The van der Waals surface area contributed by atoms with Crippen LogP contribution in [0.3, 0.4) is 0 Å². The Bertz CT molecular complexity index is 301. The molecule has 3 heteroatoms. The zero-order valence-corrected chi connectivity index (χ0v) is 7.96. The van der Waals surface area contributed by atoms with Crippen molar-refractivity contribution >= 4 is 0 Å². The van der Waals surface area contributed by atoms with Crippen LogP contribution in [0.15, 0.2) is 0 Å². The number of nitrogens with zero attached hydrogens (tertiary/aromatic N) is 3. The standard InChI is InChI=1S/C9H15N3/c1-7-8-6-11(2)5-4-9(8)12(3)10-7/h4-6H2,1-3H3. The minimum Gasteiger partial charge on any atom is -0.302 e. The van der Waals surface area contributed by atoms with Gasteiger partial charge in [0.2, 0.25) is 0 Å². The van der Waals surface area contributed by atoms with E-state index in [1.807, 2.05) is 11.7 Å². The Kier molecular flexibility index (Phi) is 1.68. The monoisotopic (exact) mass is 165 g/mol. The van der Waals surface area contributed by atoms with Crippen molar-refractivity contribution in [3.63, 3.8) is 0 Å². The molecule has 0 fully saturated rings. The van der Waals surface area contributed by atoms with Crippen molar-refractivity contribution in [2.75, 3.05) is 13.6 Å². The highest BCUT2D eigenvalue weighted by Gasteiger charge is 2.19. The van der Waals surface area contributed by atoms with Gasteiger partial charge in [-0.1, -0.05) is 0 Å². The van der Waals surface area contributed by atoms with Crippen molar-refractivity contribution in [1.82, 2.24) is 14.7 Å². The summed E-state index contributed by atoms with van der Waals surface area (Å²) in [7, 11) is 4.20. The van der Waals surface area contributed by atoms with Crippen LogP contribution in [-0.2, 0) is 20.0 Å². The summed E-state index contributed by atoms with van der Waals surface area (Å²) in [6.07, 6.45) is 1.14. The van der Waals surface area contributed by atoms with Crippen LogP contribution in [0.4, 0.5) is 0 Å². The van der Waals surface area contributed by atoms with Gasteiger partial charge in [-0.2, -0.15) is 5.10 Å². The lowest BCUT2D eigenvalue weighted by atomic mass is 10.1. The van der Waals surface area contributed by atoms with E-state index in [0.717, 1.165) is 19.5 Å². The molecule has 66 valence electrons. The van der Waals surface area contributed by atoms with Crippen molar-refractivity contribution in [3.05, 3.63) is 17.0 Å². The third-order valence-electron chi connectivity index (χ3n) is 2.63. The van der Waals surface area contributed by atoms with E-state index < -0.39 is 0 Å². The number of likely N-dealkylation sites (N-methyl/N-ethyl adjacent to an activating group) is 1. The molecular formula is C9H15N3. The van der Waals surface area contributed by atoms with E-state index in [2.05, 4.69) is 24.0 Å². The minimum atomic E-state index is 1.06. The van der Waals surface area contributed by atoms with E-state index in [9.17, 15) is 0 Å². The molecule has 0 N–H and O–H groups in total. The molecule has 3 nitrogen and oxygen atoms in total. The summed E-state index contributed by atoms with van der Waals surface area (Å²) < 4.78 is 2.03. The number of aromatic nitrogens is 2. The first kappa shape index (κ1) is 7.80. The molecule has 0 atom stereocenters. The molecule has 1 aromatic heterocycles. The van der Waals surface area contributed by atoms with Gasteiger partial charge in [0.25, 0.3) is 0 Å². The summed E-state index contributed by atoms with van der Waals surface area (Å²) in [6.45, 7) is 4.32. The molecule has 0 radical (unpaired) electrons. The smallest absolute Gasteiger partial charge is 0.0641 e. The van der Waals surface area contributed by atoms with Crippen molar-refractivity contribution in [1.29, 1.82) is 0 Å². The van der Waals surface area contributed by atoms with E-state index in [1.54, 1.807) is 0 Å². The van der Waals surface area contributed by atoms with Gasteiger partial charge < -0.3 is 4.90 Å². The molecule has 0 bridgehead atoms. The largest absolute Gasteiger partial charge is 0.302 e. The maximum absolute atomic E-state index is 4.42. The number of hydrogen-bond donors (Lipinski definition) is 0. The lowest BCUT2D eigenvalue weighted by molar-refractivity contribution is 0.308. The number of aryl methyl sites for hydroxylation is 2. The van der Waals surface area contributed by atoms with Crippen LogP contribution in [0, 0.1) is 6.92 Å². The van der Waals surface area contributed by atoms with Crippen molar-refractivity contribution in [3.8, 4) is 0 Å². The van der Waals surface area contributed by atoms with Gasteiger partial charge in [-0.05, 0) is 14.0 Å². The zero-order chi connectivity index (χ0) is 8.72. The topological polar surface area (TPSA) is 21.1 Å². The molecule has 12 heavy (non-hydrogen) atoms. The molecule has 0 amide bonds. The second-order valence-electron chi connectivity index (χ2n) is 3.62. The Hall–Kier alpha value is -0.830. The van der Waals surface area contributed by atoms with Crippen molar-refractivity contribution < 1.29 is 0 Å². The molecular weight excluding hydrogens is 150 g/mol. The highest BCUT2D eigenvalue weighted by molar-refractivity contribution is 5.27. The quantitative estimate of drug-likeness (QED) is 0.564. The molecule has 2 rings (SSSR count). The molecule has 0 unspecified atom stereocenters. The van der Waals surface area contributed by atoms with Crippen LogP contribution >= 0.6 is 0 Å². The van der Waals surface area contributed by atoms with Gasteiger partial charge >= 0.3 is 0 Å². The first-order valence-corrected chi connectivity index (χ1v) is 4.38. The normalized spacial score (nSPS) is 17.9. The van der Waals surface area contributed by atoms with Crippen molar-refractivity contribution in [2.45, 2.75) is 19.9 Å². The van der Waals surface area contributed by atoms with E-state index in [0.29, 0.717) is 0 Å². The molecule has 0 saturated heterocycles. The first-order valence-electron chi connectivity index (χ1n) is 4.38. The third-order valence-corrected chi connectivity index (χ3v) is 2.63. The highest BCUT2D eigenvalue weighted by Crippen LogP contribution is 2.19. The predicted octanol–water partition coefficient (Wildman–Crippen LogP) is 0.716. The molecule has 0 saturated carbocycles. The van der Waals surface area contributed by atoms with Gasteiger partial charge in [0.15, 0.2) is 0 Å². The van der Waals surface area contributed by atoms with E-state index in [-0.39, 0.29) is 0 Å². The molecule has 1 aromatic rings. The minimum absolute atomic E-state index is 1.06. The first-order chi connectivity index (χ1) is 5.68. The fourth-order valence-corrected chi connectivity index (χ4v) is 1.91. The van der Waals surface area contributed by atoms with Gasteiger partial charge in [-0.15, -0.1) is 0 Å². The summed E-state index contributed by atoms with van der Waals surface area (Å²) >= 11 is 0. The van der Waals surface area contributed by atoms with Crippen LogP contribution in [0.25, 0.3) is 0 Å². The van der Waals surface area contributed by atoms with Gasteiger partial charge in [-0.25, -0.2) is 0 Å². The molecule has 1 aliphatic heterocycles. The number of hydrogen-bond acceptors (Lipinski definition) is 2. The van der Waals surface area contributed by atoms with E-state index >= 15 is 0 Å². The zero-order valence-electron chi connectivity index (χ0n) is 7.96. The van der Waals surface area contributed by atoms with Gasteiger partial charge in [0, 0.05) is 37.8 Å². The van der Waals surface area contributed by atoms with Crippen LogP contribution in [0.2, 0.25) is 0 Å². The fraction of sp³-hybridized carbons (Fsp3) is 0.667. The fourth-order valence-electron chi connectivity index (χ4n) is 1.91. The predicted molar refractivity (Wildman–Crippen MR) is 48.0 cm³/mol. The molecule has 0 spiro atoms. The Morgan fingerprint density at radius 3 is 2.83 bits per heavy atom. The lowest BCUT2D eigenvalue weighted by Gasteiger charge is -2.22. The molecule has 0 aromatic carbocycles. The van der Waals surface area contributed by atoms with E-state index in [4.69, 9.17) is 0 Å².